The fourth-order valence-electron chi connectivity index (χ4n) is 3.21. The third kappa shape index (κ3) is 3.59. The molecule has 0 aliphatic rings. The number of hydrogen-bond acceptors (Lipinski definition) is 5. The molecule has 0 saturated carbocycles. The molecule has 0 bridgehead atoms. The minimum atomic E-state index is -3.84. The van der Waals surface area contributed by atoms with E-state index in [0.29, 0.717) is 23.4 Å². The molecule has 4 rings (SSSR count). The minimum absolute atomic E-state index is 0.0976. The van der Waals surface area contributed by atoms with E-state index >= 15 is 0 Å². The first-order chi connectivity index (χ1) is 14.0. The molecule has 0 radical (unpaired) electrons. The zero-order valence-electron chi connectivity index (χ0n) is 15.6. The van der Waals surface area contributed by atoms with Crippen LogP contribution in [0.4, 0.5) is 15.8 Å². The lowest BCUT2D eigenvalue weighted by atomic mass is 10.1. The first kappa shape index (κ1) is 19.1. The maximum Gasteiger partial charge on any atom is 0.269 e. The summed E-state index contributed by atoms with van der Waals surface area (Å²) in [5.74, 6) is -0.387. The van der Waals surface area contributed by atoms with Gasteiger partial charge in [-0.1, -0.05) is 18.2 Å². The summed E-state index contributed by atoms with van der Waals surface area (Å²) in [6, 6.07) is 14.7. The van der Waals surface area contributed by atoms with Gasteiger partial charge in [-0.3, -0.25) is 4.98 Å². The largest absolute Gasteiger partial charge is 0.353 e. The van der Waals surface area contributed by atoms with Crippen LogP contribution in [-0.4, -0.2) is 24.4 Å². The molecule has 0 atom stereocenters. The molecule has 8 heteroatoms. The number of nitrogens with one attached hydrogen (secondary N) is 2. The summed E-state index contributed by atoms with van der Waals surface area (Å²) in [6.45, 7) is 0.506. The lowest BCUT2D eigenvalue weighted by Gasteiger charge is -2.10. The van der Waals surface area contributed by atoms with E-state index < -0.39 is 10.0 Å². The molecule has 0 aliphatic heterocycles. The second-order valence-corrected chi connectivity index (χ2v) is 8.33. The van der Waals surface area contributed by atoms with Gasteiger partial charge in [-0.25, -0.2) is 16.8 Å². The van der Waals surface area contributed by atoms with Crippen LogP contribution in [0.1, 0.15) is 5.56 Å². The summed E-state index contributed by atoms with van der Waals surface area (Å²) in [6.07, 6.45) is 4.45. The van der Waals surface area contributed by atoms with Gasteiger partial charge < -0.3 is 10.6 Å². The van der Waals surface area contributed by atoms with E-state index in [2.05, 4.69) is 15.6 Å². The highest BCUT2D eigenvalue weighted by Crippen LogP contribution is 2.30. The van der Waals surface area contributed by atoms with Gasteiger partial charge in [-0.15, -0.1) is 0 Å². The highest BCUT2D eigenvalue weighted by atomic mass is 32.2. The molecule has 0 unspecified atom stereocenters. The van der Waals surface area contributed by atoms with Crippen molar-refractivity contribution in [2.45, 2.75) is 11.4 Å². The Kier molecular flexibility index (Phi) is 5.04. The number of halogens is 1. The third-order valence-electron chi connectivity index (χ3n) is 4.57. The third-order valence-corrected chi connectivity index (χ3v) is 6.22. The average molecular weight is 410 g/mol. The zero-order valence-corrected chi connectivity index (χ0v) is 16.4. The first-order valence-electron chi connectivity index (χ1n) is 8.96. The Hall–Kier alpha value is -3.23. The number of hydrogen-bond donors (Lipinski definition) is 2. The second-order valence-electron chi connectivity index (χ2n) is 6.51. The quantitative estimate of drug-likeness (QED) is 0.505. The van der Waals surface area contributed by atoms with Crippen molar-refractivity contribution in [3.63, 3.8) is 0 Å². The summed E-state index contributed by atoms with van der Waals surface area (Å²) >= 11 is 0. The Balaban J connectivity index is 1.86. The van der Waals surface area contributed by atoms with Crippen LogP contribution in [0.5, 0.6) is 0 Å². The van der Waals surface area contributed by atoms with Gasteiger partial charge in [0.1, 0.15) is 10.7 Å². The van der Waals surface area contributed by atoms with Crippen LogP contribution in [-0.2, 0) is 16.6 Å². The molecule has 6 nitrogen and oxygen atoms in total. The molecule has 0 spiro atoms. The van der Waals surface area contributed by atoms with Crippen molar-refractivity contribution in [2.75, 3.05) is 12.4 Å². The molecule has 0 amide bonds. The van der Waals surface area contributed by atoms with Gasteiger partial charge in [0.25, 0.3) is 10.0 Å². The highest BCUT2D eigenvalue weighted by Gasteiger charge is 2.21. The van der Waals surface area contributed by atoms with Crippen molar-refractivity contribution in [1.29, 1.82) is 0 Å². The van der Waals surface area contributed by atoms with Crippen molar-refractivity contribution in [2.24, 2.45) is 0 Å². The van der Waals surface area contributed by atoms with E-state index in [4.69, 9.17) is 0 Å². The van der Waals surface area contributed by atoms with Crippen LogP contribution in [0.3, 0.4) is 0 Å². The molecule has 29 heavy (non-hydrogen) atoms. The summed E-state index contributed by atoms with van der Waals surface area (Å²) in [4.78, 5) is 4.02. The van der Waals surface area contributed by atoms with Crippen molar-refractivity contribution in [3.05, 3.63) is 84.6 Å². The number of para-hydroxylation sites is 1. The van der Waals surface area contributed by atoms with Gasteiger partial charge in [0, 0.05) is 36.2 Å². The molecule has 2 aromatic heterocycles. The van der Waals surface area contributed by atoms with Crippen LogP contribution in [0.25, 0.3) is 10.9 Å². The molecule has 2 heterocycles. The van der Waals surface area contributed by atoms with E-state index in [0.717, 1.165) is 10.9 Å². The van der Waals surface area contributed by atoms with Crippen LogP contribution < -0.4 is 10.6 Å². The number of rotatable bonds is 6. The number of pyridine rings is 1. The van der Waals surface area contributed by atoms with Crippen LogP contribution in [0, 0.1) is 5.82 Å². The van der Waals surface area contributed by atoms with Gasteiger partial charge in [0.2, 0.25) is 0 Å². The first-order valence-corrected chi connectivity index (χ1v) is 10.4. The monoisotopic (exact) mass is 410 g/mol. The Morgan fingerprint density at radius 1 is 1.10 bits per heavy atom. The number of benzene rings is 2. The topological polar surface area (TPSA) is 76.0 Å². The van der Waals surface area contributed by atoms with Crippen LogP contribution >= 0.6 is 0 Å². The number of anilines is 2. The predicted octanol–water partition coefficient (Wildman–Crippen LogP) is 3.88. The molecule has 0 aliphatic carbocycles. The Bertz CT molecular complexity index is 1270. The Labute approximate surface area is 168 Å². The fraction of sp³-hybridized carbons (Fsp3) is 0.0952. The fourth-order valence-corrected chi connectivity index (χ4v) is 4.55. The van der Waals surface area contributed by atoms with Crippen molar-refractivity contribution in [3.8, 4) is 0 Å². The molecular weight excluding hydrogens is 391 g/mol. The second kappa shape index (κ2) is 7.65. The van der Waals surface area contributed by atoms with Gasteiger partial charge in [-0.05, 0) is 49.0 Å². The molecule has 2 aromatic carbocycles. The molecule has 0 saturated heterocycles. The summed E-state index contributed by atoms with van der Waals surface area (Å²) in [5, 5.41) is 6.87. The molecular formula is C21H19FN4O2S. The van der Waals surface area contributed by atoms with Gasteiger partial charge in [-0.2, -0.15) is 0 Å². The summed E-state index contributed by atoms with van der Waals surface area (Å²) in [5.41, 5.74) is 2.24. The smallest absolute Gasteiger partial charge is 0.269 e. The number of nitrogens with zero attached hydrogens (tertiary/aromatic N) is 2. The molecule has 0 fully saturated rings. The molecule has 4 aromatic rings. The average Bonchev–Trinajstić information content (AvgIpc) is 3.09. The van der Waals surface area contributed by atoms with Crippen LogP contribution in [0.15, 0.2) is 78.1 Å². The van der Waals surface area contributed by atoms with E-state index in [1.165, 1.54) is 28.5 Å². The van der Waals surface area contributed by atoms with E-state index in [1.807, 2.05) is 6.07 Å². The normalized spacial score (nSPS) is 11.7. The van der Waals surface area contributed by atoms with Crippen molar-refractivity contribution < 1.29 is 12.8 Å². The van der Waals surface area contributed by atoms with Gasteiger partial charge in [0.15, 0.2) is 0 Å². The maximum absolute atomic E-state index is 14.0. The van der Waals surface area contributed by atoms with Crippen molar-refractivity contribution in [1.82, 2.24) is 14.3 Å². The predicted molar refractivity (Wildman–Crippen MR) is 111 cm³/mol. The lowest BCUT2D eigenvalue weighted by molar-refractivity contribution is 0.588. The molecule has 2 N–H and O–H groups in total. The van der Waals surface area contributed by atoms with E-state index in [-0.39, 0.29) is 10.7 Å². The van der Waals surface area contributed by atoms with E-state index in [1.54, 1.807) is 49.6 Å². The van der Waals surface area contributed by atoms with Gasteiger partial charge >= 0.3 is 0 Å². The lowest BCUT2D eigenvalue weighted by Crippen LogP contribution is -2.12. The summed E-state index contributed by atoms with van der Waals surface area (Å²) in [7, 11) is -2.04. The van der Waals surface area contributed by atoms with Gasteiger partial charge in [0.05, 0.1) is 11.2 Å². The standard InChI is InChI=1S/C21H19FN4O2S/c1-23-12-15-14-26(29(27,28)17-5-4-10-24-13-17)21-11-16(8-9-18(15)21)25-20-7-3-2-6-19(20)22/h2-11,13-14,23,25H,12H2,1H3. The summed E-state index contributed by atoms with van der Waals surface area (Å²) < 4.78 is 41.7. The SMILES string of the molecule is CNCc1cn(S(=O)(=O)c2cccnc2)c2cc(Nc3ccccc3F)ccc12. The van der Waals surface area contributed by atoms with E-state index in [9.17, 15) is 12.8 Å². The Morgan fingerprint density at radius 3 is 2.66 bits per heavy atom. The van der Waals surface area contributed by atoms with Crippen LogP contribution in [0.2, 0.25) is 0 Å². The molecule has 148 valence electrons. The minimum Gasteiger partial charge on any atom is -0.353 e. The maximum atomic E-state index is 14.0. The number of fused-ring (bicyclic) bond motifs is 1. The highest BCUT2D eigenvalue weighted by molar-refractivity contribution is 7.90. The van der Waals surface area contributed by atoms with Crippen molar-refractivity contribution >= 4 is 32.3 Å². The zero-order chi connectivity index (χ0) is 20.4. The number of aromatic nitrogens is 2. The Morgan fingerprint density at radius 2 is 1.93 bits per heavy atom.